The maximum absolute atomic E-state index is 13.0. The molecule has 1 aliphatic rings. The van der Waals surface area contributed by atoms with Crippen LogP contribution in [0.15, 0.2) is 84.9 Å². The van der Waals surface area contributed by atoms with Gasteiger partial charge in [-0.25, -0.2) is 0 Å². The molecule has 6 heteroatoms. The molecular weight excluding hydrogens is 415 g/mol. The Morgan fingerprint density at radius 1 is 0.906 bits per heavy atom. The summed E-state index contributed by atoms with van der Waals surface area (Å²) in [5, 5.41) is 0. The Hall–Kier alpha value is -3.38. The first-order chi connectivity index (χ1) is 15.4. The van der Waals surface area contributed by atoms with Crippen LogP contribution in [0, 0.1) is 0 Å². The van der Waals surface area contributed by atoms with Gasteiger partial charge < -0.3 is 4.74 Å². The van der Waals surface area contributed by atoms with Crippen molar-refractivity contribution in [3.05, 3.63) is 102 Å². The Morgan fingerprint density at radius 3 is 2.28 bits per heavy atom. The first-order valence-corrected chi connectivity index (χ1v) is 10.3. The number of halogens is 3. The molecule has 3 nitrogen and oxygen atoms in total. The fourth-order valence-electron chi connectivity index (χ4n) is 3.64. The molecule has 0 radical (unpaired) electrons. The van der Waals surface area contributed by atoms with Gasteiger partial charge in [0.1, 0.15) is 11.5 Å². The van der Waals surface area contributed by atoms with Crippen molar-refractivity contribution >= 4 is 11.4 Å². The van der Waals surface area contributed by atoms with Gasteiger partial charge in [0, 0.05) is 18.7 Å². The van der Waals surface area contributed by atoms with Gasteiger partial charge in [0.15, 0.2) is 5.78 Å². The Balaban J connectivity index is 1.35. The number of benzene rings is 3. The summed E-state index contributed by atoms with van der Waals surface area (Å²) in [4.78, 5) is 14.7. The third kappa shape index (κ3) is 5.45. The number of hydrogen-bond acceptors (Lipinski definition) is 3. The predicted octanol–water partition coefficient (Wildman–Crippen LogP) is 6.47. The molecule has 0 aliphatic carbocycles. The lowest BCUT2D eigenvalue weighted by Gasteiger charge is -2.26. The summed E-state index contributed by atoms with van der Waals surface area (Å²) in [5.41, 5.74) is 1.41. The van der Waals surface area contributed by atoms with Crippen molar-refractivity contribution in [2.45, 2.75) is 12.6 Å². The molecule has 0 unspecified atom stereocenters. The molecule has 3 aromatic carbocycles. The molecule has 0 N–H and O–H groups in total. The fraction of sp³-hybridized carbons (Fsp3) is 0.192. The van der Waals surface area contributed by atoms with Gasteiger partial charge in [-0.05, 0) is 66.1 Å². The van der Waals surface area contributed by atoms with Gasteiger partial charge >= 0.3 is 6.18 Å². The van der Waals surface area contributed by atoms with Crippen LogP contribution in [-0.4, -0.2) is 30.3 Å². The molecule has 0 saturated heterocycles. The third-order valence-electron chi connectivity index (χ3n) is 5.38. The highest BCUT2D eigenvalue weighted by Gasteiger charge is 2.30. The molecule has 0 bridgehead atoms. The van der Waals surface area contributed by atoms with Crippen LogP contribution in [0.4, 0.5) is 13.2 Å². The SMILES string of the molecule is O=C(CN1CC=C(c2cccc(C(F)(F)F)c2)CC1)c1ccc(Oc2ccccc2)cc1. The molecule has 0 atom stereocenters. The van der Waals surface area contributed by atoms with Gasteiger partial charge in [0.25, 0.3) is 0 Å². The molecule has 3 aromatic rings. The molecule has 164 valence electrons. The van der Waals surface area contributed by atoms with Crippen molar-refractivity contribution in [2.75, 3.05) is 19.6 Å². The monoisotopic (exact) mass is 437 g/mol. The second-order valence-electron chi connectivity index (χ2n) is 7.66. The van der Waals surface area contributed by atoms with Crippen LogP contribution in [0.2, 0.25) is 0 Å². The van der Waals surface area contributed by atoms with Crippen molar-refractivity contribution in [3.8, 4) is 11.5 Å². The van der Waals surface area contributed by atoms with Crippen molar-refractivity contribution in [2.24, 2.45) is 0 Å². The van der Waals surface area contributed by atoms with E-state index in [0.29, 0.717) is 36.4 Å². The number of carbonyl (C=O) groups is 1. The topological polar surface area (TPSA) is 29.5 Å². The normalized spacial score (nSPS) is 14.7. The maximum Gasteiger partial charge on any atom is 0.416 e. The quantitative estimate of drug-likeness (QED) is 0.414. The smallest absolute Gasteiger partial charge is 0.416 e. The highest BCUT2D eigenvalue weighted by Crippen LogP contribution is 2.32. The van der Waals surface area contributed by atoms with Gasteiger partial charge in [-0.1, -0.05) is 36.4 Å². The fourth-order valence-corrected chi connectivity index (χ4v) is 3.64. The minimum absolute atomic E-state index is 0.00724. The highest BCUT2D eigenvalue weighted by molar-refractivity contribution is 5.97. The van der Waals surface area contributed by atoms with E-state index in [4.69, 9.17) is 4.74 Å². The molecule has 32 heavy (non-hydrogen) atoms. The van der Waals surface area contributed by atoms with Crippen LogP contribution in [-0.2, 0) is 6.18 Å². The van der Waals surface area contributed by atoms with Crippen molar-refractivity contribution in [1.29, 1.82) is 0 Å². The number of ketones is 1. The number of Topliss-reactive ketones (excluding diaryl/α,β-unsaturated/α-hetero) is 1. The standard InChI is InChI=1S/C26H22F3NO2/c27-26(28,29)22-6-4-5-21(17-22)19-13-15-30(16-14-19)18-25(31)20-9-11-24(12-10-20)32-23-7-2-1-3-8-23/h1-13,17H,14-16,18H2. The third-order valence-corrected chi connectivity index (χ3v) is 5.38. The lowest BCUT2D eigenvalue weighted by molar-refractivity contribution is -0.137. The second-order valence-corrected chi connectivity index (χ2v) is 7.66. The molecule has 4 rings (SSSR count). The number of carbonyl (C=O) groups excluding carboxylic acids is 1. The van der Waals surface area contributed by atoms with Gasteiger partial charge in [-0.3, -0.25) is 9.69 Å². The molecular formula is C26H22F3NO2. The minimum atomic E-state index is -4.36. The van der Waals surface area contributed by atoms with E-state index in [1.165, 1.54) is 12.1 Å². The Bertz CT molecular complexity index is 1110. The summed E-state index contributed by atoms with van der Waals surface area (Å²) in [5.74, 6) is 1.37. The zero-order valence-electron chi connectivity index (χ0n) is 17.3. The van der Waals surface area contributed by atoms with E-state index < -0.39 is 11.7 Å². The Morgan fingerprint density at radius 2 is 1.62 bits per heavy atom. The maximum atomic E-state index is 13.0. The summed E-state index contributed by atoms with van der Waals surface area (Å²) < 4.78 is 44.6. The number of nitrogens with zero attached hydrogens (tertiary/aromatic N) is 1. The largest absolute Gasteiger partial charge is 0.457 e. The molecule has 0 aromatic heterocycles. The molecule has 1 heterocycles. The molecule has 0 amide bonds. The van der Waals surface area contributed by atoms with Crippen LogP contribution < -0.4 is 4.74 Å². The van der Waals surface area contributed by atoms with E-state index in [0.717, 1.165) is 17.4 Å². The second kappa shape index (κ2) is 9.40. The summed E-state index contributed by atoms with van der Waals surface area (Å²) in [7, 11) is 0. The van der Waals surface area contributed by atoms with E-state index in [9.17, 15) is 18.0 Å². The molecule has 0 spiro atoms. The zero-order chi connectivity index (χ0) is 22.6. The van der Waals surface area contributed by atoms with Gasteiger partial charge in [-0.15, -0.1) is 0 Å². The van der Waals surface area contributed by atoms with Crippen molar-refractivity contribution in [3.63, 3.8) is 0 Å². The van der Waals surface area contributed by atoms with Gasteiger partial charge in [0.05, 0.1) is 12.1 Å². The van der Waals surface area contributed by atoms with E-state index in [1.807, 2.05) is 41.3 Å². The summed E-state index contributed by atoms with van der Waals surface area (Å²) in [6.07, 6.45) is -1.85. The lowest BCUT2D eigenvalue weighted by Crippen LogP contribution is -2.33. The van der Waals surface area contributed by atoms with E-state index in [1.54, 1.807) is 30.3 Å². The van der Waals surface area contributed by atoms with Gasteiger partial charge in [0.2, 0.25) is 0 Å². The molecule has 0 saturated carbocycles. The molecule has 1 aliphatic heterocycles. The average Bonchev–Trinajstić information content (AvgIpc) is 2.80. The zero-order valence-corrected chi connectivity index (χ0v) is 17.3. The number of para-hydroxylation sites is 1. The van der Waals surface area contributed by atoms with E-state index in [2.05, 4.69) is 0 Å². The minimum Gasteiger partial charge on any atom is -0.457 e. The number of hydrogen-bond donors (Lipinski definition) is 0. The van der Waals surface area contributed by atoms with Crippen LogP contribution in [0.1, 0.15) is 27.9 Å². The van der Waals surface area contributed by atoms with E-state index >= 15 is 0 Å². The summed E-state index contributed by atoms with van der Waals surface area (Å²) in [6.45, 7) is 1.39. The predicted molar refractivity (Wildman–Crippen MR) is 118 cm³/mol. The van der Waals surface area contributed by atoms with E-state index in [-0.39, 0.29) is 12.3 Å². The first kappa shape index (κ1) is 21.8. The average molecular weight is 437 g/mol. The van der Waals surface area contributed by atoms with Gasteiger partial charge in [-0.2, -0.15) is 13.2 Å². The first-order valence-electron chi connectivity index (χ1n) is 10.3. The van der Waals surface area contributed by atoms with Crippen LogP contribution in [0.5, 0.6) is 11.5 Å². The number of rotatable bonds is 6. The number of alkyl halides is 3. The van der Waals surface area contributed by atoms with Crippen molar-refractivity contribution in [1.82, 2.24) is 4.90 Å². The van der Waals surface area contributed by atoms with Crippen LogP contribution in [0.3, 0.4) is 0 Å². The Kier molecular flexibility index (Phi) is 6.42. The highest BCUT2D eigenvalue weighted by atomic mass is 19.4. The van der Waals surface area contributed by atoms with Crippen LogP contribution in [0.25, 0.3) is 5.57 Å². The van der Waals surface area contributed by atoms with Crippen molar-refractivity contribution < 1.29 is 22.7 Å². The Labute approximate surface area is 184 Å². The molecule has 0 fully saturated rings. The summed E-state index contributed by atoms with van der Waals surface area (Å²) in [6, 6.07) is 21.8. The summed E-state index contributed by atoms with van der Waals surface area (Å²) >= 11 is 0. The lowest BCUT2D eigenvalue weighted by atomic mass is 9.97. The number of ether oxygens (including phenoxy) is 1. The van der Waals surface area contributed by atoms with Crippen LogP contribution >= 0.6 is 0 Å².